The second-order valence-electron chi connectivity index (χ2n) is 17.9. The van der Waals surface area contributed by atoms with Gasteiger partial charge in [0, 0.05) is 64.6 Å². The van der Waals surface area contributed by atoms with Gasteiger partial charge in [-0.3, -0.25) is 0 Å². The van der Waals surface area contributed by atoms with Crippen LogP contribution < -0.4 is 0 Å². The van der Waals surface area contributed by atoms with Crippen molar-refractivity contribution in [2.24, 2.45) is 0 Å². The van der Waals surface area contributed by atoms with E-state index in [0.717, 1.165) is 61.0 Å². The number of hydrogen-bond donors (Lipinski definition) is 0. The predicted octanol–water partition coefficient (Wildman–Crippen LogP) is 17.0. The van der Waals surface area contributed by atoms with Crippen molar-refractivity contribution in [3.63, 3.8) is 0 Å². The quantitative estimate of drug-likeness (QED) is 0.167. The third-order valence-corrected chi connectivity index (χ3v) is 15.2. The van der Waals surface area contributed by atoms with E-state index in [2.05, 4.69) is 167 Å². The molecule has 6 nitrogen and oxygen atoms in total. The first-order chi connectivity index (χ1) is 34.7. The Morgan fingerprint density at radius 1 is 0.329 bits per heavy atom. The summed E-state index contributed by atoms with van der Waals surface area (Å²) >= 11 is 1.90. The van der Waals surface area contributed by atoms with Crippen molar-refractivity contribution < 1.29 is 4.42 Å². The van der Waals surface area contributed by atoms with Crippen molar-refractivity contribution in [1.29, 1.82) is 0 Å². The summed E-state index contributed by atoms with van der Waals surface area (Å²) in [6.07, 6.45) is 0. The van der Waals surface area contributed by atoms with Crippen molar-refractivity contribution in [1.82, 2.24) is 24.1 Å². The van der Waals surface area contributed by atoms with Gasteiger partial charge in [-0.2, -0.15) is 0 Å². The van der Waals surface area contributed by atoms with Crippen molar-refractivity contribution >= 4 is 97.1 Å². The van der Waals surface area contributed by atoms with Crippen LogP contribution in [0.5, 0.6) is 0 Å². The average molecular weight is 912 g/mol. The summed E-state index contributed by atoms with van der Waals surface area (Å²) in [6.45, 7) is 0. The summed E-state index contributed by atoms with van der Waals surface area (Å²) in [6, 6.07) is 79.5. The molecule has 0 bridgehead atoms. The van der Waals surface area contributed by atoms with E-state index >= 15 is 0 Å². The Bertz CT molecular complexity index is 4530. The van der Waals surface area contributed by atoms with Gasteiger partial charge in [0.2, 0.25) is 0 Å². The molecule has 10 aromatic carbocycles. The molecular formula is C63H37N5OS. The summed E-state index contributed by atoms with van der Waals surface area (Å²) in [5.41, 5.74) is 13.4. The molecule has 0 spiro atoms. The molecule has 0 aliphatic rings. The van der Waals surface area contributed by atoms with Crippen LogP contribution >= 0.6 is 11.3 Å². The number of nitrogens with zero attached hydrogens (tertiary/aromatic N) is 5. The van der Waals surface area contributed by atoms with Crippen molar-refractivity contribution in [2.75, 3.05) is 0 Å². The predicted molar refractivity (Wildman–Crippen MR) is 290 cm³/mol. The molecule has 0 aliphatic carbocycles. The highest BCUT2D eigenvalue weighted by molar-refractivity contribution is 7.27. The molecule has 7 heteroatoms. The van der Waals surface area contributed by atoms with Crippen LogP contribution in [0, 0.1) is 0 Å². The summed E-state index contributed by atoms with van der Waals surface area (Å²) in [4.78, 5) is 15.1. The molecule has 70 heavy (non-hydrogen) atoms. The van der Waals surface area contributed by atoms with Crippen molar-refractivity contribution in [2.45, 2.75) is 0 Å². The summed E-state index contributed by atoms with van der Waals surface area (Å²) in [5, 5.41) is 9.46. The van der Waals surface area contributed by atoms with E-state index in [0.29, 0.717) is 17.5 Å². The fourth-order valence-electron chi connectivity index (χ4n) is 10.9. The van der Waals surface area contributed by atoms with Gasteiger partial charge < -0.3 is 13.6 Å². The number of para-hydroxylation sites is 5. The standard InChI is InChI=1S/C63H37N5OS/c1-4-17-38(18-5-1)61-64-62(39-19-6-2-7-20-39)66-63(65-61)50-29-15-26-46-47-27-16-32-55(58(47)69-57(46)50)68-53-31-13-11-24-44(53)51-37-40(33-36-54(51)68)42-25-14-28-48-49-35-34-45-43-23-10-12-30-52(43)67(41-21-8-3-9-22-41)56(45)60(49)70-59(42)48/h1-37H. The van der Waals surface area contributed by atoms with Gasteiger partial charge in [0.25, 0.3) is 0 Å². The van der Waals surface area contributed by atoms with E-state index in [4.69, 9.17) is 19.4 Å². The molecule has 0 unspecified atom stereocenters. The average Bonchev–Trinajstić information content (AvgIpc) is 4.19. The zero-order chi connectivity index (χ0) is 45.9. The maximum absolute atomic E-state index is 7.12. The number of thiophene rings is 1. The first-order valence-corrected chi connectivity index (χ1v) is 24.3. The Hall–Kier alpha value is -9.17. The SMILES string of the molecule is c1ccc(-c2nc(-c3ccccc3)nc(-c3cccc4c3oc3c(-n5c6ccccc6c6cc(-c7cccc8c7sc7c8ccc8c9ccccc9n(-c9ccccc9)c87)ccc65)cccc34)n2)cc1. The van der Waals surface area contributed by atoms with E-state index in [1.165, 1.54) is 63.9 Å². The van der Waals surface area contributed by atoms with Gasteiger partial charge in [0.1, 0.15) is 5.58 Å². The van der Waals surface area contributed by atoms with Gasteiger partial charge in [-0.25, -0.2) is 15.0 Å². The van der Waals surface area contributed by atoms with E-state index in [1.54, 1.807) is 0 Å². The normalized spacial score (nSPS) is 12.0. The number of benzene rings is 10. The number of furan rings is 1. The smallest absolute Gasteiger partial charge is 0.167 e. The molecule has 0 amide bonds. The van der Waals surface area contributed by atoms with Crippen LogP contribution in [0.1, 0.15) is 0 Å². The monoisotopic (exact) mass is 911 g/mol. The molecule has 326 valence electrons. The van der Waals surface area contributed by atoms with E-state index in [1.807, 2.05) is 78.1 Å². The molecular weight excluding hydrogens is 875 g/mol. The summed E-state index contributed by atoms with van der Waals surface area (Å²) in [7, 11) is 0. The first kappa shape index (κ1) is 38.9. The van der Waals surface area contributed by atoms with Gasteiger partial charge in [-0.1, -0.05) is 176 Å². The summed E-state index contributed by atoms with van der Waals surface area (Å²) < 4.78 is 14.5. The minimum atomic E-state index is 0.556. The number of fused-ring (bicyclic) bond motifs is 13. The Morgan fingerprint density at radius 3 is 1.59 bits per heavy atom. The molecule has 0 N–H and O–H groups in total. The largest absolute Gasteiger partial charge is 0.453 e. The van der Waals surface area contributed by atoms with Gasteiger partial charge in [0.05, 0.1) is 38.0 Å². The molecule has 0 saturated heterocycles. The molecule has 5 heterocycles. The zero-order valence-corrected chi connectivity index (χ0v) is 38.2. The molecule has 15 rings (SSSR count). The molecule has 0 fully saturated rings. The third kappa shape index (κ3) is 5.76. The lowest BCUT2D eigenvalue weighted by atomic mass is 10.0. The Balaban J connectivity index is 0.910. The topological polar surface area (TPSA) is 61.7 Å². The zero-order valence-electron chi connectivity index (χ0n) is 37.4. The van der Waals surface area contributed by atoms with Crippen LogP contribution in [0.2, 0.25) is 0 Å². The molecule has 5 aromatic heterocycles. The Morgan fingerprint density at radius 2 is 0.857 bits per heavy atom. The lowest BCUT2D eigenvalue weighted by Crippen LogP contribution is -2.00. The van der Waals surface area contributed by atoms with Crippen molar-refractivity contribution in [3.05, 3.63) is 224 Å². The highest BCUT2D eigenvalue weighted by Crippen LogP contribution is 2.47. The fourth-order valence-corrected chi connectivity index (χ4v) is 12.2. The maximum atomic E-state index is 7.12. The summed E-state index contributed by atoms with van der Waals surface area (Å²) in [5.74, 6) is 1.77. The van der Waals surface area contributed by atoms with E-state index < -0.39 is 0 Å². The number of aromatic nitrogens is 5. The molecule has 0 aliphatic heterocycles. The fraction of sp³-hybridized carbons (Fsp3) is 0. The molecule has 15 aromatic rings. The molecule has 0 radical (unpaired) electrons. The first-order valence-electron chi connectivity index (χ1n) is 23.5. The molecule has 0 saturated carbocycles. The highest BCUT2D eigenvalue weighted by atomic mass is 32.1. The van der Waals surface area contributed by atoms with Crippen LogP contribution in [-0.2, 0) is 0 Å². The van der Waals surface area contributed by atoms with Gasteiger partial charge >= 0.3 is 0 Å². The van der Waals surface area contributed by atoms with Crippen LogP contribution in [0.25, 0.3) is 142 Å². The van der Waals surface area contributed by atoms with Gasteiger partial charge in [0.15, 0.2) is 23.1 Å². The van der Waals surface area contributed by atoms with Crippen molar-refractivity contribution in [3.8, 4) is 56.7 Å². The van der Waals surface area contributed by atoms with Gasteiger partial charge in [-0.05, 0) is 59.7 Å². The Labute approximate surface area is 404 Å². The van der Waals surface area contributed by atoms with E-state index in [9.17, 15) is 0 Å². The van der Waals surface area contributed by atoms with Crippen LogP contribution in [0.4, 0.5) is 0 Å². The maximum Gasteiger partial charge on any atom is 0.167 e. The third-order valence-electron chi connectivity index (χ3n) is 14.0. The van der Waals surface area contributed by atoms with Gasteiger partial charge in [-0.15, -0.1) is 11.3 Å². The lowest BCUT2D eigenvalue weighted by molar-refractivity contribution is 0.667. The molecule has 0 atom stereocenters. The van der Waals surface area contributed by atoms with Crippen LogP contribution in [0.15, 0.2) is 229 Å². The van der Waals surface area contributed by atoms with Crippen LogP contribution in [-0.4, -0.2) is 24.1 Å². The number of rotatable bonds is 6. The highest BCUT2D eigenvalue weighted by Gasteiger charge is 2.23. The minimum Gasteiger partial charge on any atom is -0.453 e. The second kappa shape index (κ2) is 15.2. The lowest BCUT2D eigenvalue weighted by Gasteiger charge is -2.09. The van der Waals surface area contributed by atoms with E-state index in [-0.39, 0.29) is 0 Å². The Kier molecular flexibility index (Phi) is 8.43. The minimum absolute atomic E-state index is 0.556. The van der Waals surface area contributed by atoms with Crippen LogP contribution in [0.3, 0.4) is 0 Å². The second-order valence-corrected chi connectivity index (χ2v) is 18.9. The number of hydrogen-bond acceptors (Lipinski definition) is 5.